The number of urea groups is 1. The van der Waals surface area contributed by atoms with E-state index in [1.807, 2.05) is 0 Å². The summed E-state index contributed by atoms with van der Waals surface area (Å²) in [5.74, 6) is -0.269. The van der Waals surface area contributed by atoms with Crippen LogP contribution in [-0.4, -0.2) is 12.6 Å². The van der Waals surface area contributed by atoms with Crippen LogP contribution in [0.4, 0.5) is 14.9 Å². The van der Waals surface area contributed by atoms with Crippen molar-refractivity contribution in [1.29, 1.82) is 0 Å². The van der Waals surface area contributed by atoms with Crippen molar-refractivity contribution >= 4 is 39.2 Å². The molecule has 110 valence electrons. The van der Waals surface area contributed by atoms with E-state index in [0.29, 0.717) is 23.7 Å². The Morgan fingerprint density at radius 2 is 1.90 bits per heavy atom. The lowest BCUT2D eigenvalue weighted by Gasteiger charge is -2.09. The van der Waals surface area contributed by atoms with Crippen LogP contribution in [0.5, 0.6) is 0 Å². The van der Waals surface area contributed by atoms with E-state index in [0.717, 1.165) is 10.0 Å². The van der Waals surface area contributed by atoms with Crippen LogP contribution in [0.15, 0.2) is 46.9 Å². The van der Waals surface area contributed by atoms with Crippen LogP contribution in [-0.2, 0) is 6.42 Å². The summed E-state index contributed by atoms with van der Waals surface area (Å²) >= 11 is 9.31. The van der Waals surface area contributed by atoms with Gasteiger partial charge in [0.1, 0.15) is 5.82 Å². The Labute approximate surface area is 135 Å². The van der Waals surface area contributed by atoms with Crippen LogP contribution in [0.3, 0.4) is 0 Å². The van der Waals surface area contributed by atoms with Crippen LogP contribution < -0.4 is 10.6 Å². The van der Waals surface area contributed by atoms with Crippen LogP contribution >= 0.6 is 27.5 Å². The van der Waals surface area contributed by atoms with Crippen molar-refractivity contribution in [3.05, 3.63) is 63.3 Å². The number of carbonyl (C=O) groups excluding carboxylic acids is 1. The van der Waals surface area contributed by atoms with E-state index < -0.39 is 0 Å². The standard InChI is InChI=1S/C15H13BrClFN2O/c16-11-3-6-14(13(17)9-11)20-15(21)19-8-7-10-1-4-12(18)5-2-10/h1-6,9H,7-8H2,(H2,19,20,21). The molecule has 21 heavy (non-hydrogen) atoms. The highest BCUT2D eigenvalue weighted by Crippen LogP contribution is 2.25. The SMILES string of the molecule is O=C(NCCc1ccc(F)cc1)Nc1ccc(Br)cc1Cl. The lowest BCUT2D eigenvalue weighted by atomic mass is 10.1. The highest BCUT2D eigenvalue weighted by atomic mass is 79.9. The maximum Gasteiger partial charge on any atom is 0.319 e. The molecule has 0 radical (unpaired) electrons. The lowest BCUT2D eigenvalue weighted by molar-refractivity contribution is 0.252. The Morgan fingerprint density at radius 3 is 2.57 bits per heavy atom. The van der Waals surface area contributed by atoms with E-state index in [1.54, 1.807) is 30.3 Å². The molecular weight excluding hydrogens is 359 g/mol. The molecule has 0 bridgehead atoms. The number of hydrogen-bond donors (Lipinski definition) is 2. The molecule has 0 spiro atoms. The summed E-state index contributed by atoms with van der Waals surface area (Å²) in [5.41, 5.74) is 1.50. The van der Waals surface area contributed by atoms with Gasteiger partial charge in [-0.2, -0.15) is 0 Å². The molecule has 0 aromatic heterocycles. The quantitative estimate of drug-likeness (QED) is 0.810. The lowest BCUT2D eigenvalue weighted by Crippen LogP contribution is -2.30. The third-order valence-electron chi connectivity index (χ3n) is 2.79. The number of benzene rings is 2. The van der Waals surface area contributed by atoms with Gasteiger partial charge in [0, 0.05) is 11.0 Å². The monoisotopic (exact) mass is 370 g/mol. The van der Waals surface area contributed by atoms with Gasteiger partial charge in [-0.25, -0.2) is 9.18 Å². The summed E-state index contributed by atoms with van der Waals surface area (Å²) in [6, 6.07) is 11.1. The van der Waals surface area contributed by atoms with Crippen molar-refractivity contribution < 1.29 is 9.18 Å². The maximum absolute atomic E-state index is 12.7. The zero-order valence-corrected chi connectivity index (χ0v) is 13.3. The molecule has 2 aromatic carbocycles. The first-order valence-electron chi connectivity index (χ1n) is 6.29. The van der Waals surface area contributed by atoms with Gasteiger partial charge in [0.05, 0.1) is 10.7 Å². The first-order valence-corrected chi connectivity index (χ1v) is 7.46. The van der Waals surface area contributed by atoms with Crippen LogP contribution in [0.2, 0.25) is 5.02 Å². The average Bonchev–Trinajstić information content (AvgIpc) is 2.44. The van der Waals surface area contributed by atoms with Crippen molar-refractivity contribution in [3.8, 4) is 0 Å². The van der Waals surface area contributed by atoms with Crippen molar-refractivity contribution in [2.45, 2.75) is 6.42 Å². The molecule has 0 unspecified atom stereocenters. The Hall–Kier alpha value is -1.59. The van der Waals surface area contributed by atoms with Crippen molar-refractivity contribution in [2.24, 2.45) is 0 Å². The van der Waals surface area contributed by atoms with Gasteiger partial charge < -0.3 is 10.6 Å². The predicted octanol–water partition coefficient (Wildman–Crippen LogP) is 4.61. The molecule has 0 aliphatic heterocycles. The molecule has 2 aromatic rings. The first kappa shape index (κ1) is 15.8. The first-order chi connectivity index (χ1) is 10.0. The molecule has 0 saturated carbocycles. The summed E-state index contributed by atoms with van der Waals surface area (Å²) in [7, 11) is 0. The molecule has 0 heterocycles. The fraction of sp³-hybridized carbons (Fsp3) is 0.133. The highest BCUT2D eigenvalue weighted by Gasteiger charge is 2.05. The number of hydrogen-bond acceptors (Lipinski definition) is 1. The van der Waals surface area contributed by atoms with Gasteiger partial charge in [0.2, 0.25) is 0 Å². The number of nitrogens with one attached hydrogen (secondary N) is 2. The Bertz CT molecular complexity index is 634. The van der Waals surface area contributed by atoms with Gasteiger partial charge >= 0.3 is 6.03 Å². The van der Waals surface area contributed by atoms with Crippen molar-refractivity contribution in [3.63, 3.8) is 0 Å². The molecule has 6 heteroatoms. The zero-order valence-electron chi connectivity index (χ0n) is 11.0. The second-order valence-corrected chi connectivity index (χ2v) is 5.70. The second kappa shape index (κ2) is 7.43. The normalized spacial score (nSPS) is 10.2. The molecule has 2 rings (SSSR count). The predicted molar refractivity (Wildman–Crippen MR) is 86.3 cm³/mol. The third kappa shape index (κ3) is 5.02. The molecule has 0 fully saturated rings. The summed E-state index contributed by atoms with van der Waals surface area (Å²) < 4.78 is 13.6. The average molecular weight is 372 g/mol. The van der Waals surface area contributed by atoms with Crippen molar-refractivity contribution in [1.82, 2.24) is 5.32 Å². The summed E-state index contributed by atoms with van der Waals surface area (Å²) in [5, 5.41) is 5.85. The van der Waals surface area contributed by atoms with E-state index in [2.05, 4.69) is 26.6 Å². The van der Waals surface area contributed by atoms with Gasteiger partial charge in [-0.1, -0.05) is 39.7 Å². The topological polar surface area (TPSA) is 41.1 Å². The second-order valence-electron chi connectivity index (χ2n) is 4.38. The maximum atomic E-state index is 12.7. The van der Waals surface area contributed by atoms with Gasteiger partial charge in [-0.05, 0) is 42.3 Å². The smallest absolute Gasteiger partial charge is 0.319 e. The fourth-order valence-corrected chi connectivity index (χ4v) is 2.45. The Kier molecular flexibility index (Phi) is 5.59. The molecule has 2 amide bonds. The summed E-state index contributed by atoms with van der Waals surface area (Å²) in [4.78, 5) is 11.7. The van der Waals surface area contributed by atoms with E-state index in [4.69, 9.17) is 11.6 Å². The number of anilines is 1. The van der Waals surface area contributed by atoms with Gasteiger partial charge in [0.15, 0.2) is 0 Å². The minimum absolute atomic E-state index is 0.269. The number of rotatable bonds is 4. The summed E-state index contributed by atoms with van der Waals surface area (Å²) in [6.07, 6.45) is 0.627. The van der Waals surface area contributed by atoms with Crippen LogP contribution in [0, 0.1) is 5.82 Å². The third-order valence-corrected chi connectivity index (χ3v) is 3.60. The molecule has 0 saturated heterocycles. The van der Waals surface area contributed by atoms with Gasteiger partial charge in [-0.3, -0.25) is 0 Å². The molecule has 2 N–H and O–H groups in total. The molecule has 0 aliphatic carbocycles. The van der Waals surface area contributed by atoms with Gasteiger partial charge in [-0.15, -0.1) is 0 Å². The minimum atomic E-state index is -0.332. The van der Waals surface area contributed by atoms with E-state index in [-0.39, 0.29) is 11.8 Å². The Morgan fingerprint density at radius 1 is 1.19 bits per heavy atom. The minimum Gasteiger partial charge on any atom is -0.338 e. The molecular formula is C15H13BrClFN2O. The van der Waals surface area contributed by atoms with E-state index in [1.165, 1.54) is 12.1 Å². The van der Waals surface area contributed by atoms with Crippen molar-refractivity contribution in [2.75, 3.05) is 11.9 Å². The van der Waals surface area contributed by atoms with E-state index >= 15 is 0 Å². The Balaban J connectivity index is 1.81. The number of halogens is 3. The summed E-state index contributed by atoms with van der Waals surface area (Å²) in [6.45, 7) is 0.450. The highest BCUT2D eigenvalue weighted by molar-refractivity contribution is 9.10. The molecule has 0 atom stereocenters. The molecule has 3 nitrogen and oxygen atoms in total. The van der Waals surface area contributed by atoms with E-state index in [9.17, 15) is 9.18 Å². The number of amides is 2. The zero-order chi connectivity index (χ0) is 15.2. The van der Waals surface area contributed by atoms with Crippen LogP contribution in [0.1, 0.15) is 5.56 Å². The van der Waals surface area contributed by atoms with Crippen LogP contribution in [0.25, 0.3) is 0 Å². The molecule has 0 aliphatic rings. The fourth-order valence-electron chi connectivity index (χ4n) is 1.73. The largest absolute Gasteiger partial charge is 0.338 e. The van der Waals surface area contributed by atoms with Gasteiger partial charge in [0.25, 0.3) is 0 Å². The number of carbonyl (C=O) groups is 1.